The number of rotatable bonds is 4. The van der Waals surface area contributed by atoms with Gasteiger partial charge < -0.3 is 10.2 Å². The monoisotopic (exact) mass is 478 g/mol. The number of amides is 2. The van der Waals surface area contributed by atoms with Gasteiger partial charge in [0.05, 0.1) is 27.7 Å². The number of aryl methyl sites for hydroxylation is 2. The van der Waals surface area contributed by atoms with E-state index in [1.807, 2.05) is 32.0 Å². The number of carbonyl (C=O) groups is 1. The van der Waals surface area contributed by atoms with Crippen molar-refractivity contribution in [2.24, 2.45) is 0 Å². The summed E-state index contributed by atoms with van der Waals surface area (Å²) >= 11 is 6.01. The molecule has 1 heterocycles. The number of anilines is 1. The summed E-state index contributed by atoms with van der Waals surface area (Å²) in [5, 5.41) is 3.25. The number of aromatic nitrogens is 2. The highest BCUT2D eigenvalue weighted by Crippen LogP contribution is 2.26. The van der Waals surface area contributed by atoms with Gasteiger partial charge >= 0.3 is 6.03 Å². The molecule has 0 saturated heterocycles. The van der Waals surface area contributed by atoms with Gasteiger partial charge in [0.1, 0.15) is 11.6 Å². The molecule has 0 aliphatic carbocycles. The number of carbonyl (C=O) groups excluding carboxylic acids is 1. The Labute approximate surface area is 201 Å². The highest BCUT2D eigenvalue weighted by molar-refractivity contribution is 6.30. The first kappa shape index (κ1) is 23.4. The molecule has 0 aliphatic heterocycles. The molecule has 0 saturated carbocycles. The van der Waals surface area contributed by atoms with E-state index in [9.17, 15) is 14.0 Å². The van der Waals surface area contributed by atoms with Gasteiger partial charge in [-0.25, -0.2) is 14.2 Å². The quantitative estimate of drug-likeness (QED) is 0.390. The molecule has 174 valence electrons. The fourth-order valence-corrected chi connectivity index (χ4v) is 4.03. The number of para-hydroxylation sites is 2. The van der Waals surface area contributed by atoms with E-state index in [1.165, 1.54) is 27.7 Å². The molecule has 1 unspecified atom stereocenters. The molecule has 6 nitrogen and oxygen atoms in total. The maximum absolute atomic E-state index is 13.8. The predicted molar refractivity (Wildman–Crippen MR) is 133 cm³/mol. The van der Waals surface area contributed by atoms with Gasteiger partial charge in [-0.05, 0) is 62.2 Å². The van der Waals surface area contributed by atoms with Gasteiger partial charge in [-0.15, -0.1) is 0 Å². The van der Waals surface area contributed by atoms with Gasteiger partial charge in [-0.2, -0.15) is 0 Å². The van der Waals surface area contributed by atoms with E-state index >= 15 is 0 Å². The van der Waals surface area contributed by atoms with E-state index in [0.29, 0.717) is 22.4 Å². The molecule has 34 heavy (non-hydrogen) atoms. The largest absolute Gasteiger partial charge is 0.322 e. The Kier molecular flexibility index (Phi) is 6.39. The summed E-state index contributed by atoms with van der Waals surface area (Å²) in [6.07, 6.45) is 0. The lowest BCUT2D eigenvalue weighted by molar-refractivity contribution is 0.205. The molecule has 4 aromatic rings. The summed E-state index contributed by atoms with van der Waals surface area (Å²) in [5.41, 5.74) is 3.15. The summed E-state index contributed by atoms with van der Waals surface area (Å²) in [4.78, 5) is 32.8. The summed E-state index contributed by atoms with van der Waals surface area (Å²) in [6, 6.07) is 15.8. The summed E-state index contributed by atoms with van der Waals surface area (Å²) in [6.45, 7) is 5.63. The molecule has 0 aliphatic rings. The van der Waals surface area contributed by atoms with Gasteiger partial charge in [0.15, 0.2) is 0 Å². The van der Waals surface area contributed by atoms with Crippen molar-refractivity contribution in [3.8, 4) is 5.69 Å². The topological polar surface area (TPSA) is 67.2 Å². The third kappa shape index (κ3) is 4.26. The second-order valence-corrected chi connectivity index (χ2v) is 8.62. The summed E-state index contributed by atoms with van der Waals surface area (Å²) in [7, 11) is 1.64. The number of halogens is 2. The number of hydrogen-bond acceptors (Lipinski definition) is 3. The normalized spacial score (nSPS) is 11.9. The zero-order valence-corrected chi connectivity index (χ0v) is 20.0. The van der Waals surface area contributed by atoms with Crippen molar-refractivity contribution in [3.63, 3.8) is 0 Å². The Hall–Kier alpha value is -3.71. The van der Waals surface area contributed by atoms with E-state index in [-0.39, 0.29) is 16.6 Å². The van der Waals surface area contributed by atoms with Crippen LogP contribution in [0.25, 0.3) is 16.6 Å². The number of nitrogens with zero attached hydrogens (tertiary/aromatic N) is 3. The van der Waals surface area contributed by atoms with Crippen molar-refractivity contribution in [3.05, 3.63) is 98.8 Å². The maximum atomic E-state index is 13.8. The van der Waals surface area contributed by atoms with Crippen molar-refractivity contribution >= 4 is 34.2 Å². The molecule has 8 heteroatoms. The smallest absolute Gasteiger partial charge is 0.318 e. The van der Waals surface area contributed by atoms with Crippen LogP contribution in [0.3, 0.4) is 0 Å². The van der Waals surface area contributed by atoms with E-state index in [1.54, 1.807) is 38.2 Å². The molecular formula is C26H24ClFN4O2. The average molecular weight is 479 g/mol. The first-order chi connectivity index (χ1) is 16.2. The molecular weight excluding hydrogens is 455 g/mol. The standard InChI is InChI=1S/C26H24ClFN4O2/c1-15-8-7-9-16(2)23(15)30-26(34)31(4)17(3)24-29-22-11-6-5-10-19(22)25(33)32(24)18-12-13-21(28)20(27)14-18/h5-14,17H,1-4H3,(H,30,34). The van der Waals surface area contributed by atoms with Crippen LogP contribution < -0.4 is 10.9 Å². The third-order valence-corrected chi connectivity index (χ3v) is 6.24. The molecule has 0 bridgehead atoms. The van der Waals surface area contributed by atoms with E-state index < -0.39 is 11.9 Å². The van der Waals surface area contributed by atoms with E-state index in [2.05, 4.69) is 5.32 Å². The van der Waals surface area contributed by atoms with E-state index in [0.717, 1.165) is 16.8 Å². The lowest BCUT2D eigenvalue weighted by atomic mass is 10.1. The lowest BCUT2D eigenvalue weighted by Crippen LogP contribution is -2.37. The van der Waals surface area contributed by atoms with Crippen LogP contribution in [0, 0.1) is 19.7 Å². The minimum absolute atomic E-state index is 0.114. The SMILES string of the molecule is Cc1cccc(C)c1NC(=O)N(C)C(C)c1nc2ccccc2c(=O)n1-c1ccc(F)c(Cl)c1. The molecule has 4 rings (SSSR count). The molecule has 1 atom stereocenters. The second kappa shape index (κ2) is 9.27. The molecule has 1 aromatic heterocycles. The van der Waals surface area contributed by atoms with Crippen molar-refractivity contribution in [1.82, 2.24) is 14.5 Å². The Morgan fingerprint density at radius 3 is 2.44 bits per heavy atom. The van der Waals surface area contributed by atoms with Gasteiger partial charge in [-0.1, -0.05) is 41.9 Å². The van der Waals surface area contributed by atoms with Crippen LogP contribution in [0.15, 0.2) is 65.5 Å². The average Bonchev–Trinajstić information content (AvgIpc) is 2.82. The summed E-state index contributed by atoms with van der Waals surface area (Å²) < 4.78 is 15.2. The highest BCUT2D eigenvalue weighted by atomic mass is 35.5. The zero-order chi connectivity index (χ0) is 24.6. The third-order valence-electron chi connectivity index (χ3n) is 5.95. The summed E-state index contributed by atoms with van der Waals surface area (Å²) in [5.74, 6) is -0.266. The Bertz CT molecular complexity index is 1450. The number of fused-ring (bicyclic) bond motifs is 1. The van der Waals surface area contributed by atoms with Gasteiger partial charge in [0.2, 0.25) is 0 Å². The molecule has 3 aromatic carbocycles. The number of urea groups is 1. The van der Waals surface area contributed by atoms with Crippen molar-refractivity contribution in [2.45, 2.75) is 26.8 Å². The first-order valence-corrected chi connectivity index (χ1v) is 11.1. The minimum atomic E-state index is -0.606. The Morgan fingerprint density at radius 2 is 1.76 bits per heavy atom. The van der Waals surface area contributed by atoms with Crippen molar-refractivity contribution < 1.29 is 9.18 Å². The Balaban J connectivity index is 1.81. The second-order valence-electron chi connectivity index (χ2n) is 8.21. The van der Waals surface area contributed by atoms with Gasteiger partial charge in [0.25, 0.3) is 5.56 Å². The minimum Gasteiger partial charge on any atom is -0.318 e. The van der Waals surface area contributed by atoms with E-state index in [4.69, 9.17) is 16.6 Å². The van der Waals surface area contributed by atoms with Crippen LogP contribution in [-0.2, 0) is 0 Å². The lowest BCUT2D eigenvalue weighted by Gasteiger charge is -2.28. The van der Waals surface area contributed by atoms with Crippen LogP contribution in [0.2, 0.25) is 5.02 Å². The van der Waals surface area contributed by atoms with Crippen LogP contribution in [0.1, 0.15) is 29.9 Å². The molecule has 2 amide bonds. The predicted octanol–water partition coefficient (Wildman–Crippen LogP) is 6.02. The molecule has 0 spiro atoms. The maximum Gasteiger partial charge on any atom is 0.322 e. The number of nitrogens with one attached hydrogen (secondary N) is 1. The van der Waals surface area contributed by atoms with Gasteiger partial charge in [-0.3, -0.25) is 9.36 Å². The number of benzene rings is 3. The molecule has 0 radical (unpaired) electrons. The number of hydrogen-bond donors (Lipinski definition) is 1. The zero-order valence-electron chi connectivity index (χ0n) is 19.3. The van der Waals surface area contributed by atoms with Crippen LogP contribution in [-0.4, -0.2) is 27.5 Å². The highest BCUT2D eigenvalue weighted by Gasteiger charge is 2.25. The van der Waals surface area contributed by atoms with Crippen molar-refractivity contribution in [1.29, 1.82) is 0 Å². The van der Waals surface area contributed by atoms with Gasteiger partial charge in [0, 0.05) is 12.7 Å². The fraction of sp³-hybridized carbons (Fsp3) is 0.192. The molecule has 1 N–H and O–H groups in total. The molecule has 0 fully saturated rings. The fourth-order valence-electron chi connectivity index (χ4n) is 3.86. The van der Waals surface area contributed by atoms with Crippen molar-refractivity contribution in [2.75, 3.05) is 12.4 Å². The van der Waals surface area contributed by atoms with Crippen LogP contribution >= 0.6 is 11.6 Å². The van der Waals surface area contributed by atoms with Crippen LogP contribution in [0.4, 0.5) is 14.9 Å². The Morgan fingerprint density at radius 1 is 1.09 bits per heavy atom. The first-order valence-electron chi connectivity index (χ1n) is 10.8. The van der Waals surface area contributed by atoms with Crippen LogP contribution in [0.5, 0.6) is 0 Å².